The Balaban J connectivity index is 1.86. The van der Waals surface area contributed by atoms with Gasteiger partial charge in [0.05, 0.1) is 31.2 Å². The van der Waals surface area contributed by atoms with Crippen LogP contribution in [0.15, 0.2) is 18.7 Å². The van der Waals surface area contributed by atoms with Gasteiger partial charge in [-0.25, -0.2) is 4.79 Å². The molecule has 1 N–H and O–H groups in total. The average molecular weight is 532 g/mol. The summed E-state index contributed by atoms with van der Waals surface area (Å²) in [6, 6.07) is 1.91. The normalized spacial score (nSPS) is 26.7. The molecule has 10 heteroatoms. The molecule has 2 aliphatic carbocycles. The van der Waals surface area contributed by atoms with Gasteiger partial charge in [-0.2, -0.15) is 9.97 Å². The van der Waals surface area contributed by atoms with Crippen molar-refractivity contribution in [3.8, 4) is 11.9 Å². The van der Waals surface area contributed by atoms with Crippen molar-refractivity contribution in [3.05, 3.63) is 24.4 Å². The van der Waals surface area contributed by atoms with Crippen molar-refractivity contribution < 1.29 is 33.3 Å². The number of hydrogen-bond donors (Lipinski definition) is 1. The smallest absolute Gasteiger partial charge is 0.332 e. The number of nitrogens with zero attached hydrogens (tertiary/aromatic N) is 2. The van der Waals surface area contributed by atoms with Gasteiger partial charge >= 0.3 is 17.9 Å². The summed E-state index contributed by atoms with van der Waals surface area (Å²) in [6.07, 6.45) is 2.04. The predicted octanol–water partition coefficient (Wildman–Crippen LogP) is 3.52. The Morgan fingerprint density at radius 2 is 1.79 bits per heavy atom. The molecule has 0 aliphatic heterocycles. The summed E-state index contributed by atoms with van der Waals surface area (Å²) in [7, 11) is 1.48. The second kappa shape index (κ2) is 10.9. The molecule has 0 aromatic carbocycles. The Hall–Kier alpha value is -3.17. The van der Waals surface area contributed by atoms with Crippen LogP contribution in [-0.4, -0.2) is 58.8 Å². The van der Waals surface area contributed by atoms with Gasteiger partial charge in [0.2, 0.25) is 11.8 Å². The maximum Gasteiger partial charge on any atom is 0.332 e. The number of carbonyl (C=O) groups excluding carboxylic acids is 3. The van der Waals surface area contributed by atoms with Crippen LogP contribution in [0.4, 0.5) is 0 Å². The molecule has 2 saturated carbocycles. The van der Waals surface area contributed by atoms with Gasteiger partial charge in [-0.15, -0.1) is 6.58 Å². The highest BCUT2D eigenvalue weighted by molar-refractivity contribution is 5.94. The monoisotopic (exact) mass is 531 g/mol. The van der Waals surface area contributed by atoms with E-state index in [1.54, 1.807) is 39.8 Å². The average Bonchev–Trinajstić information content (AvgIpc) is 3.36. The minimum atomic E-state index is -1.16. The van der Waals surface area contributed by atoms with Crippen LogP contribution in [0.3, 0.4) is 0 Å². The standard InChI is InChI=1S/C28H41N3O7/c1-10-16-15-28(16,24(34)36-11-2)31-22(32)18-12-17(13-19(18)23(33)38-27(6,7)8)37-21-14-20(26(3,4)5)29-25(30-21)35-9/h10,14,16-19H,1,11-13,15H2,2-9H3,(H,31,32)/t16-,17-,18-,19-,28-/m1/s1. The molecule has 0 spiro atoms. The molecule has 1 aromatic heterocycles. The van der Waals surface area contributed by atoms with Gasteiger partial charge in [0.15, 0.2) is 0 Å². The van der Waals surface area contributed by atoms with Gasteiger partial charge < -0.3 is 24.3 Å². The number of aromatic nitrogens is 2. The lowest BCUT2D eigenvalue weighted by atomic mass is 9.92. The van der Waals surface area contributed by atoms with Gasteiger partial charge in [-0.3, -0.25) is 9.59 Å². The van der Waals surface area contributed by atoms with Crippen LogP contribution in [-0.2, 0) is 29.3 Å². The molecule has 38 heavy (non-hydrogen) atoms. The number of hydrogen-bond acceptors (Lipinski definition) is 9. The van der Waals surface area contributed by atoms with Crippen molar-refractivity contribution in [1.29, 1.82) is 0 Å². The summed E-state index contributed by atoms with van der Waals surface area (Å²) >= 11 is 0. The van der Waals surface area contributed by atoms with E-state index in [9.17, 15) is 14.4 Å². The number of amides is 1. The molecule has 1 amide bonds. The quantitative estimate of drug-likeness (QED) is 0.376. The molecule has 210 valence electrons. The molecule has 2 aliphatic rings. The molecule has 0 bridgehead atoms. The first-order chi connectivity index (χ1) is 17.6. The van der Waals surface area contributed by atoms with E-state index in [1.807, 2.05) is 20.8 Å². The van der Waals surface area contributed by atoms with Crippen LogP contribution in [0, 0.1) is 17.8 Å². The number of ether oxygens (including phenoxy) is 4. The van der Waals surface area contributed by atoms with Gasteiger partial charge in [-0.05, 0) is 47.0 Å². The Bertz CT molecular complexity index is 1080. The maximum absolute atomic E-state index is 13.6. The number of carbonyl (C=O) groups is 3. The number of esters is 2. The largest absolute Gasteiger partial charge is 0.474 e. The predicted molar refractivity (Wildman–Crippen MR) is 140 cm³/mol. The Kier molecular flexibility index (Phi) is 8.43. The van der Waals surface area contributed by atoms with Crippen LogP contribution >= 0.6 is 0 Å². The zero-order valence-corrected chi connectivity index (χ0v) is 23.8. The fraction of sp³-hybridized carbons (Fsp3) is 0.679. The van der Waals surface area contributed by atoms with Gasteiger partial charge in [-0.1, -0.05) is 26.8 Å². The van der Waals surface area contributed by atoms with Crippen molar-refractivity contribution in [3.63, 3.8) is 0 Å². The highest BCUT2D eigenvalue weighted by atomic mass is 16.6. The molecule has 1 heterocycles. The molecule has 5 atom stereocenters. The summed E-state index contributed by atoms with van der Waals surface area (Å²) in [5, 5.41) is 2.88. The third kappa shape index (κ3) is 6.63. The van der Waals surface area contributed by atoms with E-state index in [4.69, 9.17) is 18.9 Å². The Morgan fingerprint density at radius 3 is 2.32 bits per heavy atom. The summed E-state index contributed by atoms with van der Waals surface area (Å²) in [5.41, 5.74) is -1.43. The first kappa shape index (κ1) is 29.4. The Morgan fingerprint density at radius 1 is 1.13 bits per heavy atom. The van der Waals surface area contributed by atoms with Crippen LogP contribution in [0.2, 0.25) is 0 Å². The maximum atomic E-state index is 13.6. The van der Waals surface area contributed by atoms with Crippen LogP contribution in [0.25, 0.3) is 0 Å². The van der Waals surface area contributed by atoms with E-state index in [2.05, 4.69) is 21.9 Å². The first-order valence-corrected chi connectivity index (χ1v) is 13.1. The summed E-state index contributed by atoms with van der Waals surface area (Å²) in [5.74, 6) is -2.86. The summed E-state index contributed by atoms with van der Waals surface area (Å²) < 4.78 is 22.3. The molecule has 1 aromatic rings. The van der Waals surface area contributed by atoms with Crippen molar-refractivity contribution >= 4 is 17.8 Å². The lowest BCUT2D eigenvalue weighted by Crippen LogP contribution is -2.49. The fourth-order valence-electron chi connectivity index (χ4n) is 4.70. The lowest BCUT2D eigenvalue weighted by molar-refractivity contribution is -0.163. The minimum absolute atomic E-state index is 0.170. The van der Waals surface area contributed by atoms with Gasteiger partial charge in [0, 0.05) is 17.4 Å². The number of nitrogens with one attached hydrogen (secondary N) is 1. The topological polar surface area (TPSA) is 126 Å². The van der Waals surface area contributed by atoms with E-state index in [-0.39, 0.29) is 36.8 Å². The lowest BCUT2D eigenvalue weighted by Gasteiger charge is -2.25. The molecule has 3 rings (SSSR count). The molecule has 0 saturated heterocycles. The number of methoxy groups -OCH3 is 1. The summed E-state index contributed by atoms with van der Waals surface area (Å²) in [6.45, 7) is 17.0. The van der Waals surface area contributed by atoms with E-state index in [1.165, 1.54) is 7.11 Å². The van der Waals surface area contributed by atoms with E-state index < -0.39 is 46.9 Å². The van der Waals surface area contributed by atoms with Crippen molar-refractivity contribution in [2.24, 2.45) is 17.8 Å². The van der Waals surface area contributed by atoms with Crippen LogP contribution in [0.1, 0.15) is 73.4 Å². The molecular weight excluding hydrogens is 490 g/mol. The molecule has 0 radical (unpaired) electrons. The minimum Gasteiger partial charge on any atom is -0.474 e. The zero-order valence-electron chi connectivity index (χ0n) is 23.8. The van der Waals surface area contributed by atoms with Gasteiger partial charge in [0.25, 0.3) is 0 Å². The summed E-state index contributed by atoms with van der Waals surface area (Å²) in [4.78, 5) is 48.2. The van der Waals surface area contributed by atoms with E-state index >= 15 is 0 Å². The fourth-order valence-corrected chi connectivity index (χ4v) is 4.70. The van der Waals surface area contributed by atoms with Gasteiger partial charge in [0.1, 0.15) is 17.2 Å². The van der Waals surface area contributed by atoms with Crippen molar-refractivity contribution in [2.75, 3.05) is 13.7 Å². The number of rotatable bonds is 9. The first-order valence-electron chi connectivity index (χ1n) is 13.1. The van der Waals surface area contributed by atoms with Crippen LogP contribution in [0.5, 0.6) is 11.9 Å². The SMILES string of the molecule is C=C[C@@H]1C[C@]1(NC(=O)[C@@H]1C[C@@H](Oc2cc(C(C)(C)C)nc(OC)n2)C[C@H]1C(=O)OC(C)(C)C)C(=O)OCC. The van der Waals surface area contributed by atoms with Crippen LogP contribution < -0.4 is 14.8 Å². The third-order valence-corrected chi connectivity index (χ3v) is 6.77. The second-order valence-electron chi connectivity index (χ2n) is 12.0. The molecule has 10 nitrogen and oxygen atoms in total. The highest BCUT2D eigenvalue weighted by Gasteiger charge is 2.62. The molecular formula is C28H41N3O7. The molecule has 2 fully saturated rings. The third-order valence-electron chi connectivity index (χ3n) is 6.77. The Labute approximate surface area is 224 Å². The zero-order chi connectivity index (χ0) is 28.5. The second-order valence-corrected chi connectivity index (χ2v) is 12.0. The van der Waals surface area contributed by atoms with E-state index in [0.717, 1.165) is 5.69 Å². The molecule has 0 unspecified atom stereocenters. The van der Waals surface area contributed by atoms with Crippen molar-refractivity contribution in [2.45, 2.75) is 90.4 Å². The van der Waals surface area contributed by atoms with E-state index in [0.29, 0.717) is 12.3 Å². The van der Waals surface area contributed by atoms with Crippen molar-refractivity contribution in [1.82, 2.24) is 15.3 Å². The highest BCUT2D eigenvalue weighted by Crippen LogP contribution is 2.46.